The molecule has 1 aliphatic carbocycles. The van der Waals surface area contributed by atoms with E-state index in [1.54, 1.807) is 11.1 Å². The van der Waals surface area contributed by atoms with Crippen LogP contribution in [0.15, 0.2) is 24.3 Å². The normalized spacial score (nSPS) is 20.5. The first-order chi connectivity index (χ1) is 9.26. The van der Waals surface area contributed by atoms with Crippen LogP contribution in [0.5, 0.6) is 0 Å². The number of hydrogen-bond acceptors (Lipinski definition) is 1. The van der Waals surface area contributed by atoms with E-state index in [1.807, 2.05) is 0 Å². The van der Waals surface area contributed by atoms with Crippen molar-refractivity contribution >= 4 is 0 Å². The Morgan fingerprint density at radius 2 is 2.00 bits per heavy atom. The predicted octanol–water partition coefficient (Wildman–Crippen LogP) is 4.52. The Labute approximate surface area is 118 Å². The second-order valence-electron chi connectivity index (χ2n) is 6.20. The molecule has 3 unspecified atom stereocenters. The van der Waals surface area contributed by atoms with E-state index in [-0.39, 0.29) is 0 Å². The van der Waals surface area contributed by atoms with Gasteiger partial charge in [-0.2, -0.15) is 0 Å². The van der Waals surface area contributed by atoms with Crippen molar-refractivity contribution in [2.45, 2.75) is 64.8 Å². The smallest absolute Gasteiger partial charge is 0.0142 e. The Bertz CT molecular complexity index is 385. The van der Waals surface area contributed by atoms with Crippen LogP contribution in [0.2, 0.25) is 0 Å². The van der Waals surface area contributed by atoms with Crippen molar-refractivity contribution in [3.8, 4) is 0 Å². The van der Waals surface area contributed by atoms with Crippen molar-refractivity contribution in [3.63, 3.8) is 0 Å². The Kier molecular flexibility index (Phi) is 5.45. The highest BCUT2D eigenvalue weighted by Crippen LogP contribution is 2.39. The molecule has 0 amide bonds. The molecule has 1 aliphatic rings. The fraction of sp³-hybridized carbons (Fsp3) is 0.667. The molecular formula is C18H29N. The molecule has 1 N–H and O–H groups in total. The maximum absolute atomic E-state index is 3.80. The minimum Gasteiger partial charge on any atom is -0.313 e. The topological polar surface area (TPSA) is 12.0 Å². The van der Waals surface area contributed by atoms with Gasteiger partial charge in [-0.25, -0.2) is 0 Å². The van der Waals surface area contributed by atoms with Crippen LogP contribution >= 0.6 is 0 Å². The van der Waals surface area contributed by atoms with E-state index >= 15 is 0 Å². The van der Waals surface area contributed by atoms with Gasteiger partial charge < -0.3 is 5.32 Å². The van der Waals surface area contributed by atoms with Gasteiger partial charge in [-0.05, 0) is 42.9 Å². The third kappa shape index (κ3) is 3.60. The monoisotopic (exact) mass is 259 g/mol. The number of hydrogen-bond donors (Lipinski definition) is 1. The molecule has 1 nitrogen and oxygen atoms in total. The number of rotatable bonds is 8. The maximum atomic E-state index is 3.80. The van der Waals surface area contributed by atoms with Crippen molar-refractivity contribution in [1.82, 2.24) is 5.32 Å². The fourth-order valence-corrected chi connectivity index (χ4v) is 3.42. The van der Waals surface area contributed by atoms with Crippen LogP contribution in [0.1, 0.15) is 63.5 Å². The van der Waals surface area contributed by atoms with Gasteiger partial charge in [0.2, 0.25) is 0 Å². The van der Waals surface area contributed by atoms with E-state index in [0.717, 1.165) is 18.4 Å². The molecule has 0 spiro atoms. The summed E-state index contributed by atoms with van der Waals surface area (Å²) in [5.74, 6) is 1.59. The summed E-state index contributed by atoms with van der Waals surface area (Å²) in [6, 6.07) is 9.66. The fourth-order valence-electron chi connectivity index (χ4n) is 3.42. The summed E-state index contributed by atoms with van der Waals surface area (Å²) >= 11 is 0. The van der Waals surface area contributed by atoms with Gasteiger partial charge in [-0.3, -0.25) is 0 Å². The quantitative estimate of drug-likeness (QED) is 0.723. The van der Waals surface area contributed by atoms with Crippen LogP contribution < -0.4 is 5.32 Å². The van der Waals surface area contributed by atoms with Gasteiger partial charge in [0.15, 0.2) is 0 Å². The number of nitrogens with one attached hydrogen (secondary N) is 1. The lowest BCUT2D eigenvalue weighted by molar-refractivity contribution is 0.322. The summed E-state index contributed by atoms with van der Waals surface area (Å²) in [6.45, 7) is 8.12. The first-order valence-electron chi connectivity index (χ1n) is 8.07. The van der Waals surface area contributed by atoms with Gasteiger partial charge in [0.25, 0.3) is 0 Å². The maximum Gasteiger partial charge on any atom is 0.0142 e. The van der Waals surface area contributed by atoms with Gasteiger partial charge in [0, 0.05) is 12.0 Å². The van der Waals surface area contributed by atoms with Crippen LogP contribution in [0.25, 0.3) is 0 Å². The SMILES string of the molecule is CCCNC(CC(C)CCC)C1Cc2ccccc21. The second-order valence-corrected chi connectivity index (χ2v) is 6.20. The van der Waals surface area contributed by atoms with Crippen molar-refractivity contribution in [2.75, 3.05) is 6.54 Å². The first-order valence-corrected chi connectivity index (χ1v) is 8.07. The van der Waals surface area contributed by atoms with E-state index in [2.05, 4.69) is 50.4 Å². The van der Waals surface area contributed by atoms with Crippen molar-refractivity contribution in [2.24, 2.45) is 5.92 Å². The molecule has 0 saturated carbocycles. The van der Waals surface area contributed by atoms with Crippen molar-refractivity contribution < 1.29 is 0 Å². The zero-order valence-corrected chi connectivity index (χ0v) is 12.8. The summed E-state index contributed by atoms with van der Waals surface area (Å²) in [5, 5.41) is 3.80. The number of fused-ring (bicyclic) bond motifs is 1. The van der Waals surface area contributed by atoms with Gasteiger partial charge >= 0.3 is 0 Å². The second kappa shape index (κ2) is 7.09. The molecule has 0 aromatic heterocycles. The number of benzene rings is 1. The summed E-state index contributed by atoms with van der Waals surface area (Å²) in [6.07, 6.45) is 6.50. The van der Waals surface area contributed by atoms with Gasteiger partial charge in [0.05, 0.1) is 0 Å². The van der Waals surface area contributed by atoms with E-state index in [0.29, 0.717) is 6.04 Å². The largest absolute Gasteiger partial charge is 0.313 e. The van der Waals surface area contributed by atoms with Crippen LogP contribution in [0.4, 0.5) is 0 Å². The van der Waals surface area contributed by atoms with Crippen LogP contribution in [-0.2, 0) is 6.42 Å². The Balaban J connectivity index is 1.99. The molecule has 0 bridgehead atoms. The zero-order valence-electron chi connectivity index (χ0n) is 12.8. The van der Waals surface area contributed by atoms with Crippen molar-refractivity contribution in [3.05, 3.63) is 35.4 Å². The summed E-state index contributed by atoms with van der Waals surface area (Å²) < 4.78 is 0. The zero-order chi connectivity index (χ0) is 13.7. The Hall–Kier alpha value is -0.820. The lowest BCUT2D eigenvalue weighted by Gasteiger charge is -2.38. The van der Waals surface area contributed by atoms with Crippen LogP contribution in [0.3, 0.4) is 0 Å². The molecule has 1 heteroatoms. The molecule has 0 aliphatic heterocycles. The molecule has 0 fully saturated rings. The molecule has 0 saturated heterocycles. The minimum absolute atomic E-state index is 0.677. The Morgan fingerprint density at radius 3 is 2.68 bits per heavy atom. The molecule has 106 valence electrons. The molecule has 0 radical (unpaired) electrons. The van der Waals surface area contributed by atoms with E-state index in [4.69, 9.17) is 0 Å². The standard InChI is InChI=1S/C18H29N/c1-4-8-14(3)12-18(19-11-5-2)17-13-15-9-6-7-10-16(15)17/h6-7,9-10,14,17-19H,4-5,8,11-13H2,1-3H3. The average molecular weight is 259 g/mol. The first kappa shape index (κ1) is 14.6. The highest BCUT2D eigenvalue weighted by Gasteiger charge is 2.32. The minimum atomic E-state index is 0.677. The van der Waals surface area contributed by atoms with Crippen LogP contribution in [-0.4, -0.2) is 12.6 Å². The molecule has 2 rings (SSSR count). The third-order valence-corrected chi connectivity index (χ3v) is 4.47. The predicted molar refractivity (Wildman–Crippen MR) is 83.7 cm³/mol. The molecule has 3 atom stereocenters. The summed E-state index contributed by atoms with van der Waals surface area (Å²) in [5.41, 5.74) is 3.17. The lowest BCUT2D eigenvalue weighted by Crippen LogP contribution is -2.41. The average Bonchev–Trinajstić information content (AvgIpc) is 2.37. The van der Waals surface area contributed by atoms with E-state index in [9.17, 15) is 0 Å². The van der Waals surface area contributed by atoms with E-state index in [1.165, 1.54) is 32.1 Å². The third-order valence-electron chi connectivity index (χ3n) is 4.47. The molecule has 19 heavy (non-hydrogen) atoms. The summed E-state index contributed by atoms with van der Waals surface area (Å²) in [4.78, 5) is 0. The van der Waals surface area contributed by atoms with E-state index < -0.39 is 0 Å². The van der Waals surface area contributed by atoms with Crippen molar-refractivity contribution in [1.29, 1.82) is 0 Å². The van der Waals surface area contributed by atoms with Crippen LogP contribution in [0, 0.1) is 5.92 Å². The lowest BCUT2D eigenvalue weighted by atomic mass is 9.71. The molecule has 1 aromatic rings. The Morgan fingerprint density at radius 1 is 1.21 bits per heavy atom. The van der Waals surface area contributed by atoms with Gasteiger partial charge in [-0.1, -0.05) is 57.9 Å². The van der Waals surface area contributed by atoms with Gasteiger partial charge in [0.1, 0.15) is 0 Å². The van der Waals surface area contributed by atoms with Gasteiger partial charge in [-0.15, -0.1) is 0 Å². The highest BCUT2D eigenvalue weighted by atomic mass is 14.9. The summed E-state index contributed by atoms with van der Waals surface area (Å²) in [7, 11) is 0. The molecule has 0 heterocycles. The molecule has 1 aromatic carbocycles. The molecular weight excluding hydrogens is 230 g/mol. The highest BCUT2D eigenvalue weighted by molar-refractivity contribution is 5.41.